The highest BCUT2D eigenvalue weighted by Gasteiger charge is 2.29. The summed E-state index contributed by atoms with van der Waals surface area (Å²) in [6.45, 7) is 2.94. The Kier molecular flexibility index (Phi) is 4.92. The number of amides is 2. The van der Waals surface area contributed by atoms with Gasteiger partial charge < -0.3 is 15.0 Å². The zero-order valence-corrected chi connectivity index (χ0v) is 14.5. The lowest BCUT2D eigenvalue weighted by molar-refractivity contribution is -0.117. The molecule has 0 atom stereocenters. The van der Waals surface area contributed by atoms with E-state index in [0.717, 1.165) is 0 Å². The molecular weight excluding hydrogens is 336 g/mol. The first-order chi connectivity index (χ1) is 12.5. The van der Waals surface area contributed by atoms with Crippen molar-refractivity contribution in [3.8, 4) is 5.88 Å². The number of carbonyl (C=O) groups is 3. The summed E-state index contributed by atoms with van der Waals surface area (Å²) in [6.07, 6.45) is 2.85. The van der Waals surface area contributed by atoms with E-state index in [1.807, 2.05) is 6.92 Å². The van der Waals surface area contributed by atoms with Crippen LogP contribution in [0.4, 0.5) is 0 Å². The number of nitrogens with one attached hydrogen (secondary N) is 1. The minimum atomic E-state index is -0.762. The van der Waals surface area contributed by atoms with Crippen LogP contribution in [0.15, 0.2) is 30.6 Å². The molecule has 1 aliphatic heterocycles. The SMILES string of the molecule is CCN1Cc2nc(OC)c(CNC(=O)C(=O)c3cccnc3)cc2C1=O. The fourth-order valence-electron chi connectivity index (χ4n) is 2.75. The van der Waals surface area contributed by atoms with Crippen molar-refractivity contribution in [2.75, 3.05) is 13.7 Å². The van der Waals surface area contributed by atoms with Gasteiger partial charge in [-0.3, -0.25) is 19.4 Å². The lowest BCUT2D eigenvalue weighted by atomic mass is 10.1. The van der Waals surface area contributed by atoms with Crippen LogP contribution in [0.1, 0.15) is 38.9 Å². The lowest BCUT2D eigenvalue weighted by Gasteiger charge is -2.10. The van der Waals surface area contributed by atoms with E-state index in [1.54, 1.807) is 17.0 Å². The van der Waals surface area contributed by atoms with E-state index in [9.17, 15) is 14.4 Å². The maximum atomic E-state index is 12.3. The van der Waals surface area contributed by atoms with Gasteiger partial charge in [0.2, 0.25) is 5.88 Å². The Hall–Kier alpha value is -3.29. The van der Waals surface area contributed by atoms with Crippen LogP contribution in [-0.2, 0) is 17.9 Å². The van der Waals surface area contributed by atoms with Crippen LogP contribution in [0.2, 0.25) is 0 Å². The molecule has 1 aliphatic rings. The van der Waals surface area contributed by atoms with E-state index in [4.69, 9.17) is 4.74 Å². The second kappa shape index (κ2) is 7.30. The Morgan fingerprint density at radius 1 is 1.38 bits per heavy atom. The van der Waals surface area contributed by atoms with Gasteiger partial charge in [-0.1, -0.05) is 0 Å². The van der Waals surface area contributed by atoms with Gasteiger partial charge in [0.25, 0.3) is 17.6 Å². The Labute approximate surface area is 150 Å². The van der Waals surface area contributed by atoms with Crippen LogP contribution >= 0.6 is 0 Å². The van der Waals surface area contributed by atoms with Crippen LogP contribution in [0.25, 0.3) is 0 Å². The zero-order valence-electron chi connectivity index (χ0n) is 14.5. The molecule has 0 aromatic carbocycles. The molecule has 0 saturated heterocycles. The van der Waals surface area contributed by atoms with Gasteiger partial charge in [0.05, 0.1) is 24.9 Å². The highest BCUT2D eigenvalue weighted by molar-refractivity contribution is 6.42. The van der Waals surface area contributed by atoms with Crippen molar-refractivity contribution in [1.82, 2.24) is 20.2 Å². The number of fused-ring (bicyclic) bond motifs is 1. The van der Waals surface area contributed by atoms with Crippen LogP contribution < -0.4 is 10.1 Å². The van der Waals surface area contributed by atoms with Crippen LogP contribution in [-0.4, -0.2) is 46.1 Å². The lowest BCUT2D eigenvalue weighted by Crippen LogP contribution is -2.31. The number of rotatable bonds is 6. The summed E-state index contributed by atoms with van der Waals surface area (Å²) in [4.78, 5) is 46.3. The van der Waals surface area contributed by atoms with Crippen molar-refractivity contribution in [1.29, 1.82) is 0 Å². The molecule has 0 saturated carbocycles. The quantitative estimate of drug-likeness (QED) is 0.612. The topological polar surface area (TPSA) is 101 Å². The highest BCUT2D eigenvalue weighted by atomic mass is 16.5. The molecule has 3 heterocycles. The number of pyridine rings is 2. The molecule has 0 aliphatic carbocycles. The first-order valence-corrected chi connectivity index (χ1v) is 8.13. The second-order valence-electron chi connectivity index (χ2n) is 5.72. The highest BCUT2D eigenvalue weighted by Crippen LogP contribution is 2.26. The average Bonchev–Trinajstić information content (AvgIpc) is 3.00. The van der Waals surface area contributed by atoms with E-state index < -0.39 is 11.7 Å². The normalized spacial score (nSPS) is 12.7. The minimum absolute atomic E-state index is 0.0215. The van der Waals surface area contributed by atoms with Gasteiger partial charge in [-0.2, -0.15) is 0 Å². The molecule has 0 radical (unpaired) electrons. The number of nitrogens with zero attached hydrogens (tertiary/aromatic N) is 3. The monoisotopic (exact) mass is 354 g/mol. The summed E-state index contributed by atoms with van der Waals surface area (Å²) < 4.78 is 5.26. The number of methoxy groups -OCH3 is 1. The molecule has 0 spiro atoms. The molecule has 0 bridgehead atoms. The summed E-state index contributed by atoms with van der Waals surface area (Å²) in [7, 11) is 1.47. The number of ketones is 1. The van der Waals surface area contributed by atoms with Gasteiger partial charge in [-0.25, -0.2) is 4.98 Å². The molecule has 8 nitrogen and oxygen atoms in total. The predicted octanol–water partition coefficient (Wildman–Crippen LogP) is 0.960. The summed E-state index contributed by atoms with van der Waals surface area (Å²) in [5.41, 5.74) is 1.88. The van der Waals surface area contributed by atoms with Gasteiger partial charge in [0, 0.05) is 36.6 Å². The molecule has 2 amide bonds. The number of ether oxygens (including phenoxy) is 1. The third-order valence-corrected chi connectivity index (χ3v) is 4.14. The molecule has 26 heavy (non-hydrogen) atoms. The van der Waals surface area contributed by atoms with Crippen LogP contribution in [0.3, 0.4) is 0 Å². The third-order valence-electron chi connectivity index (χ3n) is 4.14. The maximum absolute atomic E-state index is 12.3. The predicted molar refractivity (Wildman–Crippen MR) is 91.6 cm³/mol. The molecule has 0 fully saturated rings. The molecule has 2 aromatic heterocycles. The smallest absolute Gasteiger partial charge is 0.292 e. The van der Waals surface area contributed by atoms with E-state index in [-0.39, 0.29) is 18.0 Å². The molecule has 2 aromatic rings. The Morgan fingerprint density at radius 2 is 2.19 bits per heavy atom. The first-order valence-electron chi connectivity index (χ1n) is 8.13. The fourth-order valence-corrected chi connectivity index (χ4v) is 2.75. The maximum Gasteiger partial charge on any atom is 0.292 e. The van der Waals surface area contributed by atoms with Gasteiger partial charge >= 0.3 is 0 Å². The van der Waals surface area contributed by atoms with Crippen molar-refractivity contribution in [3.05, 3.63) is 53.0 Å². The molecule has 8 heteroatoms. The van der Waals surface area contributed by atoms with Gasteiger partial charge in [-0.15, -0.1) is 0 Å². The third kappa shape index (κ3) is 3.26. The Bertz CT molecular complexity index is 867. The van der Waals surface area contributed by atoms with Crippen molar-refractivity contribution in [3.63, 3.8) is 0 Å². The van der Waals surface area contributed by atoms with E-state index in [0.29, 0.717) is 35.8 Å². The van der Waals surface area contributed by atoms with E-state index in [2.05, 4.69) is 15.3 Å². The van der Waals surface area contributed by atoms with Crippen molar-refractivity contribution in [2.24, 2.45) is 0 Å². The van der Waals surface area contributed by atoms with Gasteiger partial charge in [0.1, 0.15) is 0 Å². The van der Waals surface area contributed by atoms with Crippen LogP contribution in [0.5, 0.6) is 5.88 Å². The number of carbonyl (C=O) groups excluding carboxylic acids is 3. The number of hydrogen-bond acceptors (Lipinski definition) is 6. The molecular formula is C18H18N4O4. The standard InChI is InChI=1S/C18H18N4O4/c1-3-22-10-14-13(18(22)25)7-12(17(21-14)26-2)9-20-16(24)15(23)11-5-4-6-19-8-11/h4-8H,3,9-10H2,1-2H3,(H,20,24). The van der Waals surface area contributed by atoms with Gasteiger partial charge in [0.15, 0.2) is 0 Å². The Morgan fingerprint density at radius 3 is 2.85 bits per heavy atom. The zero-order chi connectivity index (χ0) is 18.7. The largest absolute Gasteiger partial charge is 0.481 e. The van der Waals surface area contributed by atoms with Crippen molar-refractivity contribution in [2.45, 2.75) is 20.0 Å². The molecule has 0 unspecified atom stereocenters. The summed E-state index contributed by atoms with van der Waals surface area (Å²) in [5.74, 6) is -1.22. The molecule has 1 N–H and O–H groups in total. The van der Waals surface area contributed by atoms with E-state index in [1.165, 1.54) is 25.6 Å². The second-order valence-corrected chi connectivity index (χ2v) is 5.72. The fraction of sp³-hybridized carbons (Fsp3) is 0.278. The summed E-state index contributed by atoms with van der Waals surface area (Å²) in [6, 6.07) is 4.76. The van der Waals surface area contributed by atoms with Gasteiger partial charge in [-0.05, 0) is 25.1 Å². The Balaban J connectivity index is 1.76. The number of aromatic nitrogens is 2. The van der Waals surface area contributed by atoms with E-state index >= 15 is 0 Å². The number of hydrogen-bond donors (Lipinski definition) is 1. The van der Waals surface area contributed by atoms with Crippen molar-refractivity contribution >= 4 is 17.6 Å². The average molecular weight is 354 g/mol. The first kappa shape index (κ1) is 17.5. The summed E-state index contributed by atoms with van der Waals surface area (Å²) in [5, 5.41) is 2.54. The molecule has 134 valence electrons. The van der Waals surface area contributed by atoms with Crippen LogP contribution in [0, 0.1) is 0 Å². The number of Topliss-reactive ketones (excluding diaryl/α,β-unsaturated/α-hetero) is 1. The molecule has 3 rings (SSSR count). The minimum Gasteiger partial charge on any atom is -0.481 e. The summed E-state index contributed by atoms with van der Waals surface area (Å²) >= 11 is 0. The van der Waals surface area contributed by atoms with Crippen molar-refractivity contribution < 1.29 is 19.1 Å².